The van der Waals surface area contributed by atoms with Crippen LogP contribution in [0.4, 0.5) is 24.8 Å². The molecule has 1 saturated carbocycles. The molecule has 1 aliphatic rings. The van der Waals surface area contributed by atoms with Crippen LogP contribution < -0.4 is 9.64 Å². The van der Waals surface area contributed by atoms with Crippen molar-refractivity contribution in [2.45, 2.75) is 44.4 Å². The molecule has 1 aromatic heterocycles. The fourth-order valence-electron chi connectivity index (χ4n) is 3.11. The van der Waals surface area contributed by atoms with Crippen LogP contribution in [0.3, 0.4) is 0 Å². The zero-order valence-corrected chi connectivity index (χ0v) is 14.8. The molecule has 0 aliphatic heterocycles. The number of ether oxygens (including phenoxy) is 1. The first-order valence-corrected chi connectivity index (χ1v) is 8.74. The molecule has 0 unspecified atom stereocenters. The number of hydrogen-bond donors (Lipinski definition) is 0. The number of rotatable bonds is 4. The van der Waals surface area contributed by atoms with E-state index in [1.807, 2.05) is 0 Å². The number of anilines is 2. The van der Waals surface area contributed by atoms with Gasteiger partial charge in [0, 0.05) is 13.2 Å². The SMILES string of the molecule is CN(c1ncc(C(F)(F)F)c(OC2CCCCC2)n1)c1ccccc1C#N. The monoisotopic (exact) mass is 376 g/mol. The maximum Gasteiger partial charge on any atom is 0.423 e. The van der Waals surface area contributed by atoms with Gasteiger partial charge in [-0.1, -0.05) is 18.6 Å². The summed E-state index contributed by atoms with van der Waals surface area (Å²) in [5.41, 5.74) is -0.111. The standard InChI is InChI=1S/C19H19F3N4O/c1-26(16-10-6-5-7-13(16)11-23)18-24-12-15(19(20,21)22)17(25-18)27-14-8-3-2-4-9-14/h5-7,10,12,14H,2-4,8-9H2,1H3. The molecule has 8 heteroatoms. The van der Waals surface area contributed by atoms with Gasteiger partial charge in [-0.05, 0) is 37.8 Å². The summed E-state index contributed by atoms with van der Waals surface area (Å²) in [6.07, 6.45) is 0.206. The first-order chi connectivity index (χ1) is 12.9. The van der Waals surface area contributed by atoms with Crippen molar-refractivity contribution in [3.63, 3.8) is 0 Å². The predicted octanol–water partition coefficient (Wildman–Crippen LogP) is 4.85. The number of nitriles is 1. The molecule has 3 rings (SSSR count). The maximum atomic E-state index is 13.4. The van der Waals surface area contributed by atoms with E-state index >= 15 is 0 Å². The lowest BCUT2D eigenvalue weighted by Crippen LogP contribution is -2.24. The van der Waals surface area contributed by atoms with Crippen molar-refractivity contribution in [3.8, 4) is 11.9 Å². The van der Waals surface area contributed by atoms with Crippen LogP contribution in [0.1, 0.15) is 43.2 Å². The van der Waals surface area contributed by atoms with Crippen LogP contribution in [-0.2, 0) is 6.18 Å². The van der Waals surface area contributed by atoms with Gasteiger partial charge in [0.1, 0.15) is 17.7 Å². The van der Waals surface area contributed by atoms with Crippen molar-refractivity contribution in [1.82, 2.24) is 9.97 Å². The molecule has 142 valence electrons. The third kappa shape index (κ3) is 4.30. The van der Waals surface area contributed by atoms with Gasteiger partial charge < -0.3 is 9.64 Å². The average Bonchev–Trinajstić information content (AvgIpc) is 2.67. The van der Waals surface area contributed by atoms with Gasteiger partial charge in [0.2, 0.25) is 11.8 Å². The molecule has 0 atom stereocenters. The second kappa shape index (κ2) is 7.82. The topological polar surface area (TPSA) is 62.0 Å². The van der Waals surface area contributed by atoms with Gasteiger partial charge in [0.15, 0.2) is 0 Å². The Labute approximate surface area is 155 Å². The zero-order chi connectivity index (χ0) is 19.4. The molecule has 0 spiro atoms. The fraction of sp³-hybridized carbons (Fsp3) is 0.421. The summed E-state index contributed by atoms with van der Waals surface area (Å²) in [5, 5.41) is 9.25. The van der Waals surface area contributed by atoms with Crippen LogP contribution >= 0.6 is 0 Å². The number of alkyl halides is 3. The van der Waals surface area contributed by atoms with Gasteiger partial charge in [0.05, 0.1) is 11.3 Å². The molecule has 0 radical (unpaired) electrons. The highest BCUT2D eigenvalue weighted by Crippen LogP contribution is 2.37. The molecule has 1 aliphatic carbocycles. The number of aromatic nitrogens is 2. The highest BCUT2D eigenvalue weighted by Gasteiger charge is 2.37. The van der Waals surface area contributed by atoms with E-state index < -0.39 is 17.6 Å². The van der Waals surface area contributed by atoms with Crippen molar-refractivity contribution in [2.24, 2.45) is 0 Å². The first-order valence-electron chi connectivity index (χ1n) is 8.74. The quantitative estimate of drug-likeness (QED) is 0.764. The van der Waals surface area contributed by atoms with Crippen molar-refractivity contribution >= 4 is 11.6 Å². The normalized spacial score (nSPS) is 15.2. The number of hydrogen-bond acceptors (Lipinski definition) is 5. The highest BCUT2D eigenvalue weighted by atomic mass is 19.4. The van der Waals surface area contributed by atoms with Crippen LogP contribution in [0.25, 0.3) is 0 Å². The molecular formula is C19H19F3N4O. The molecule has 0 saturated heterocycles. The Balaban J connectivity index is 1.97. The van der Waals surface area contributed by atoms with Gasteiger partial charge in [-0.3, -0.25) is 0 Å². The Hall–Kier alpha value is -2.82. The smallest absolute Gasteiger partial charge is 0.423 e. The van der Waals surface area contributed by atoms with E-state index in [0.717, 1.165) is 25.5 Å². The van der Waals surface area contributed by atoms with Crippen molar-refractivity contribution in [2.75, 3.05) is 11.9 Å². The van der Waals surface area contributed by atoms with E-state index in [1.54, 1.807) is 31.3 Å². The third-order valence-corrected chi connectivity index (χ3v) is 4.56. The lowest BCUT2D eigenvalue weighted by atomic mass is 9.98. The molecule has 1 aromatic carbocycles. The van der Waals surface area contributed by atoms with E-state index in [2.05, 4.69) is 16.0 Å². The highest BCUT2D eigenvalue weighted by molar-refractivity contribution is 5.65. The summed E-state index contributed by atoms with van der Waals surface area (Å²) in [6.45, 7) is 0. The summed E-state index contributed by atoms with van der Waals surface area (Å²) in [6, 6.07) is 8.80. The first kappa shape index (κ1) is 19.0. The minimum absolute atomic E-state index is 0.0384. The summed E-state index contributed by atoms with van der Waals surface area (Å²) < 4.78 is 45.7. The fourth-order valence-corrected chi connectivity index (χ4v) is 3.11. The summed E-state index contributed by atoms with van der Waals surface area (Å²) in [4.78, 5) is 9.38. The Morgan fingerprint density at radius 1 is 1.19 bits per heavy atom. The van der Waals surface area contributed by atoms with Crippen molar-refractivity contribution in [3.05, 3.63) is 41.6 Å². The maximum absolute atomic E-state index is 13.4. The lowest BCUT2D eigenvalue weighted by Gasteiger charge is -2.25. The molecule has 1 fully saturated rings. The minimum atomic E-state index is -4.61. The second-order valence-electron chi connectivity index (χ2n) is 6.45. The second-order valence-corrected chi connectivity index (χ2v) is 6.45. The molecule has 1 heterocycles. The third-order valence-electron chi connectivity index (χ3n) is 4.56. The molecule has 5 nitrogen and oxygen atoms in total. The van der Waals surface area contributed by atoms with E-state index in [-0.39, 0.29) is 12.1 Å². The van der Waals surface area contributed by atoms with Gasteiger partial charge in [-0.25, -0.2) is 4.98 Å². The van der Waals surface area contributed by atoms with E-state index in [4.69, 9.17) is 4.74 Å². The van der Waals surface area contributed by atoms with Gasteiger partial charge >= 0.3 is 6.18 Å². The zero-order valence-electron chi connectivity index (χ0n) is 14.8. The Morgan fingerprint density at radius 2 is 1.89 bits per heavy atom. The Kier molecular flexibility index (Phi) is 5.49. The largest absolute Gasteiger partial charge is 0.474 e. The summed E-state index contributed by atoms with van der Waals surface area (Å²) in [7, 11) is 1.60. The van der Waals surface area contributed by atoms with Gasteiger partial charge in [-0.2, -0.15) is 23.4 Å². The summed E-state index contributed by atoms with van der Waals surface area (Å²) >= 11 is 0. The molecule has 0 N–H and O–H groups in total. The average molecular weight is 376 g/mol. The minimum Gasteiger partial charge on any atom is -0.474 e. The van der Waals surface area contributed by atoms with Gasteiger partial charge in [0.25, 0.3) is 0 Å². The van der Waals surface area contributed by atoms with Crippen molar-refractivity contribution < 1.29 is 17.9 Å². The molecular weight excluding hydrogens is 357 g/mol. The van der Waals surface area contributed by atoms with Crippen molar-refractivity contribution in [1.29, 1.82) is 5.26 Å². The van der Waals surface area contributed by atoms with E-state index in [0.29, 0.717) is 24.1 Å². The number of nitrogens with zero attached hydrogens (tertiary/aromatic N) is 4. The predicted molar refractivity (Wildman–Crippen MR) is 93.8 cm³/mol. The van der Waals surface area contributed by atoms with Gasteiger partial charge in [-0.15, -0.1) is 0 Å². The Bertz CT molecular complexity index is 842. The van der Waals surface area contributed by atoms with E-state index in [9.17, 15) is 18.4 Å². The van der Waals surface area contributed by atoms with Crippen LogP contribution in [0.2, 0.25) is 0 Å². The van der Waals surface area contributed by atoms with Crippen LogP contribution in [-0.4, -0.2) is 23.1 Å². The Morgan fingerprint density at radius 3 is 2.56 bits per heavy atom. The molecule has 0 bridgehead atoms. The number of para-hydroxylation sites is 1. The molecule has 27 heavy (non-hydrogen) atoms. The van der Waals surface area contributed by atoms with Crippen LogP contribution in [0.15, 0.2) is 30.5 Å². The molecule has 0 amide bonds. The van der Waals surface area contributed by atoms with Crippen LogP contribution in [0, 0.1) is 11.3 Å². The molecule has 2 aromatic rings. The van der Waals surface area contributed by atoms with E-state index in [1.165, 1.54) is 4.90 Å². The number of benzene rings is 1. The lowest BCUT2D eigenvalue weighted by molar-refractivity contribution is -0.140. The summed E-state index contributed by atoms with van der Waals surface area (Å²) in [5.74, 6) is -0.419. The van der Waals surface area contributed by atoms with Crippen LogP contribution in [0.5, 0.6) is 5.88 Å². The number of halogens is 3.